The number of hydrogen-bond donors (Lipinski definition) is 0. The van der Waals surface area contributed by atoms with Gasteiger partial charge >= 0.3 is 0 Å². The monoisotopic (exact) mass is 202 g/mol. The van der Waals surface area contributed by atoms with E-state index in [-0.39, 0.29) is 0 Å². The second-order valence-electron chi connectivity index (χ2n) is 0.831. The summed E-state index contributed by atoms with van der Waals surface area (Å²) in [6.07, 6.45) is 2.59. The van der Waals surface area contributed by atoms with Crippen molar-refractivity contribution in [3.63, 3.8) is 0 Å². The predicted octanol–water partition coefficient (Wildman–Crippen LogP) is 1.69. The maximum atomic E-state index is 2.69. The molecule has 5 heavy (non-hydrogen) atoms. The molecule has 0 saturated carbocycles. The minimum absolute atomic E-state index is 1.25. The number of halogens is 1. The molecule has 0 radical (unpaired) electrons. The lowest BCUT2D eigenvalue weighted by molar-refractivity contribution is 1.15. The van der Waals surface area contributed by atoms with E-state index >= 15 is 0 Å². The van der Waals surface area contributed by atoms with Crippen LogP contribution in [0.15, 0.2) is 0 Å². The summed E-state index contributed by atoms with van der Waals surface area (Å²) in [6.45, 7) is 0. The Morgan fingerprint density at radius 1 is 1.60 bits per heavy atom. The first-order valence-electron chi connectivity index (χ1n) is 1.68. The van der Waals surface area contributed by atoms with Crippen LogP contribution in [0.3, 0.4) is 0 Å². The molecule has 0 aliphatic carbocycles. The van der Waals surface area contributed by atoms with Gasteiger partial charge in [-0.2, -0.15) is 0 Å². The first-order chi connectivity index (χ1) is 2.41. The second kappa shape index (κ2) is 5.16. The van der Waals surface area contributed by atoms with Crippen LogP contribution < -0.4 is 0 Å². The Morgan fingerprint density at radius 3 is 2.20 bits per heavy atom. The van der Waals surface area contributed by atoms with E-state index in [1.54, 1.807) is 0 Å². The molecule has 0 N–H and O–H groups in total. The summed E-state index contributed by atoms with van der Waals surface area (Å²) in [5.74, 6) is 0. The van der Waals surface area contributed by atoms with Crippen LogP contribution in [0.1, 0.15) is 6.42 Å². The first kappa shape index (κ1) is 6.16. The molecule has 1 unspecified atom stereocenters. The first-order valence-corrected chi connectivity index (χ1v) is 4.02. The van der Waals surface area contributed by atoms with Crippen LogP contribution in [0.4, 0.5) is 0 Å². The van der Waals surface area contributed by atoms with Crippen LogP contribution in [-0.4, -0.2) is 10.6 Å². The van der Waals surface area contributed by atoms with E-state index in [1.165, 1.54) is 17.0 Å². The largest absolute Gasteiger partial charge is 0.138 e. The Labute approximate surface area is 49.1 Å². The third kappa shape index (κ3) is 5.16. The Bertz CT molecular complexity index is 14.4. The second-order valence-corrected chi connectivity index (χ2v) is 2.49. The molecule has 32 valence electrons. The van der Waals surface area contributed by atoms with Crippen molar-refractivity contribution >= 4 is 31.8 Å². The number of hydrogen-bond acceptors (Lipinski definition) is 0. The van der Waals surface area contributed by atoms with E-state index < -0.39 is 0 Å². The van der Waals surface area contributed by atoms with E-state index in [2.05, 4.69) is 31.8 Å². The molecule has 0 aromatic heterocycles. The Kier molecular flexibility index (Phi) is 6.36. The molecule has 0 heterocycles. The number of alkyl halides is 1. The molecule has 0 spiro atoms. The highest BCUT2D eigenvalue weighted by Gasteiger charge is 1.69. The minimum Gasteiger partial charge on any atom is -0.138 e. The van der Waals surface area contributed by atoms with Crippen molar-refractivity contribution in [1.29, 1.82) is 0 Å². The van der Waals surface area contributed by atoms with Crippen molar-refractivity contribution in [2.45, 2.75) is 6.42 Å². The summed E-state index contributed by atoms with van der Waals surface area (Å²) >= 11 is 2.37. The van der Waals surface area contributed by atoms with Gasteiger partial charge in [0.25, 0.3) is 0 Å². The topological polar surface area (TPSA) is 0 Å². The lowest BCUT2D eigenvalue weighted by atomic mass is 10.6. The van der Waals surface area contributed by atoms with Crippen LogP contribution in [0, 0.1) is 0 Å². The van der Waals surface area contributed by atoms with Crippen LogP contribution in [0.5, 0.6) is 0 Å². The fourth-order valence-electron chi connectivity index (χ4n) is 0.0772. The highest BCUT2D eigenvalue weighted by Crippen LogP contribution is 1.91. The molecule has 0 aromatic rings. The Morgan fingerprint density at radius 2 is 2.20 bits per heavy atom. The summed E-state index contributed by atoms with van der Waals surface area (Å²) in [5, 5.41) is 0. The van der Waals surface area contributed by atoms with Crippen LogP contribution in [0.25, 0.3) is 0 Å². The number of rotatable bonds is 2. The van der Waals surface area contributed by atoms with Crippen molar-refractivity contribution in [2.24, 2.45) is 0 Å². The normalized spacial score (nSPS) is 8.40. The summed E-state index contributed by atoms with van der Waals surface area (Å²) in [6, 6.07) is 0. The average molecular weight is 202 g/mol. The van der Waals surface area contributed by atoms with E-state index in [0.29, 0.717) is 0 Å². The Hall–Kier alpha value is 1.16. The van der Waals surface area contributed by atoms with Gasteiger partial charge in [0.1, 0.15) is 0 Å². The van der Waals surface area contributed by atoms with Gasteiger partial charge in [0.05, 0.1) is 0 Å². The van der Waals surface area contributed by atoms with E-state index in [1.807, 2.05) is 0 Å². The third-order valence-electron chi connectivity index (χ3n) is 0.338. The van der Waals surface area contributed by atoms with E-state index in [4.69, 9.17) is 0 Å². The summed E-state index contributed by atoms with van der Waals surface area (Å²) in [7, 11) is 2.69. The minimum atomic E-state index is 1.25. The van der Waals surface area contributed by atoms with Crippen molar-refractivity contribution in [3.05, 3.63) is 0 Å². The maximum Gasteiger partial charge on any atom is -0.000155 e. The van der Waals surface area contributed by atoms with Crippen molar-refractivity contribution < 1.29 is 0 Å². The summed E-state index contributed by atoms with van der Waals surface area (Å²) in [5.41, 5.74) is 0. The van der Waals surface area contributed by atoms with E-state index in [0.717, 1.165) is 0 Å². The SMILES string of the molecule is PCCCI. The van der Waals surface area contributed by atoms with Gasteiger partial charge in [0, 0.05) is 0 Å². The Balaban J connectivity index is 2.19. The zero-order chi connectivity index (χ0) is 4.12. The summed E-state index contributed by atoms with van der Waals surface area (Å²) < 4.78 is 1.29. The van der Waals surface area contributed by atoms with Gasteiger partial charge in [-0.05, 0) is 17.0 Å². The van der Waals surface area contributed by atoms with Crippen molar-refractivity contribution in [3.8, 4) is 0 Å². The molecule has 0 nitrogen and oxygen atoms in total. The highest BCUT2D eigenvalue weighted by atomic mass is 127. The lowest BCUT2D eigenvalue weighted by Gasteiger charge is -1.77. The van der Waals surface area contributed by atoms with Gasteiger partial charge in [0.15, 0.2) is 0 Å². The van der Waals surface area contributed by atoms with Gasteiger partial charge in [0.2, 0.25) is 0 Å². The molecule has 0 saturated heterocycles. The zero-order valence-electron chi connectivity index (χ0n) is 3.08. The van der Waals surface area contributed by atoms with Gasteiger partial charge in [-0.3, -0.25) is 0 Å². The van der Waals surface area contributed by atoms with Crippen LogP contribution in [-0.2, 0) is 0 Å². The van der Waals surface area contributed by atoms with Gasteiger partial charge in [-0.25, -0.2) is 0 Å². The molecule has 0 amide bonds. The van der Waals surface area contributed by atoms with Gasteiger partial charge < -0.3 is 0 Å². The molecular formula is C3H8IP. The molecule has 0 fully saturated rings. The lowest BCUT2D eigenvalue weighted by Crippen LogP contribution is -1.69. The maximum absolute atomic E-state index is 2.69. The molecule has 0 aliphatic heterocycles. The molecule has 0 rings (SSSR count). The van der Waals surface area contributed by atoms with Crippen molar-refractivity contribution in [1.82, 2.24) is 0 Å². The molecular weight excluding hydrogens is 194 g/mol. The fraction of sp³-hybridized carbons (Fsp3) is 1.00. The molecule has 1 atom stereocenters. The fourth-order valence-corrected chi connectivity index (χ4v) is 1.55. The van der Waals surface area contributed by atoms with Crippen LogP contribution in [0.2, 0.25) is 0 Å². The molecule has 2 heteroatoms. The third-order valence-corrected chi connectivity index (χ3v) is 1.51. The average Bonchev–Trinajstić information content (AvgIpc) is 1.41. The van der Waals surface area contributed by atoms with Crippen LogP contribution >= 0.6 is 31.8 Å². The predicted molar refractivity (Wildman–Crippen MR) is 38.1 cm³/mol. The standard InChI is InChI=1S/C3H8IP/c4-2-1-3-5/h1-3,5H2. The molecule has 0 bridgehead atoms. The van der Waals surface area contributed by atoms with E-state index in [9.17, 15) is 0 Å². The zero-order valence-corrected chi connectivity index (χ0v) is 6.39. The van der Waals surface area contributed by atoms with Gasteiger partial charge in [-0.1, -0.05) is 22.6 Å². The quantitative estimate of drug-likeness (QED) is 0.363. The summed E-state index contributed by atoms with van der Waals surface area (Å²) in [4.78, 5) is 0. The smallest absolute Gasteiger partial charge is 0.000155 e. The highest BCUT2D eigenvalue weighted by molar-refractivity contribution is 14.1. The van der Waals surface area contributed by atoms with Crippen molar-refractivity contribution in [2.75, 3.05) is 10.6 Å². The molecule has 0 aromatic carbocycles. The van der Waals surface area contributed by atoms with Gasteiger partial charge in [-0.15, -0.1) is 9.24 Å². The molecule has 0 aliphatic rings.